The molecule has 14 N–H and O–H groups in total. The van der Waals surface area contributed by atoms with Crippen LogP contribution in [0.25, 0.3) is 22.3 Å². The molecule has 4 aromatic rings. The van der Waals surface area contributed by atoms with Gasteiger partial charge in [0.15, 0.2) is 5.96 Å². The van der Waals surface area contributed by atoms with Crippen LogP contribution in [0.3, 0.4) is 0 Å². The Labute approximate surface area is 317 Å². The molecular formula is C41H54N10O3. The van der Waals surface area contributed by atoms with Crippen molar-refractivity contribution in [2.45, 2.75) is 62.9 Å². The van der Waals surface area contributed by atoms with E-state index >= 15 is 0 Å². The lowest BCUT2D eigenvalue weighted by atomic mass is 9.99. The Morgan fingerprint density at radius 1 is 0.537 bits per heavy atom. The number of carbonyl (C=O) groups is 3. The van der Waals surface area contributed by atoms with Gasteiger partial charge in [-0.2, -0.15) is 0 Å². The number of rotatable bonds is 21. The molecule has 3 amide bonds. The molecule has 0 spiro atoms. The standard InChI is InChI=1S/C41H54N10O3/c42-34(26-28-15-19-32(20-16-28)30-10-3-1-4-11-30)37(52)50-35(14-9-25-49-41(45)46)39(54)51-36(38(53)47-23-7-8-24-48-40(43)44)27-29-17-21-33(22-18-29)31-12-5-2-6-13-31/h1-6,10-13,15-22,34-36,41,49H,7-9,14,23-27,42,45-46H2,(H,47,53)(H,50,52)(H,51,54)(H4,43,44,48)/t34-,35-,36-/m1/s1. The monoisotopic (exact) mass is 734 g/mol. The van der Waals surface area contributed by atoms with Crippen LogP contribution in [0.15, 0.2) is 109 Å². The van der Waals surface area contributed by atoms with Gasteiger partial charge in [-0.25, -0.2) is 0 Å². The highest BCUT2D eigenvalue weighted by atomic mass is 16.2. The van der Waals surface area contributed by atoms with E-state index in [-0.39, 0.29) is 31.1 Å². The van der Waals surface area contributed by atoms with Gasteiger partial charge in [-0.15, -0.1) is 0 Å². The molecule has 4 rings (SSSR count). The van der Waals surface area contributed by atoms with Crippen LogP contribution in [0.1, 0.15) is 36.8 Å². The zero-order valence-corrected chi connectivity index (χ0v) is 30.6. The molecule has 4 aromatic carbocycles. The second-order valence-corrected chi connectivity index (χ2v) is 13.2. The Morgan fingerprint density at radius 2 is 1.02 bits per heavy atom. The average molecular weight is 735 g/mol. The zero-order chi connectivity index (χ0) is 38.7. The average Bonchev–Trinajstić information content (AvgIpc) is 3.18. The number of amides is 3. The molecule has 0 aliphatic rings. The highest BCUT2D eigenvalue weighted by molar-refractivity contribution is 5.93. The first kappa shape index (κ1) is 41.2. The van der Waals surface area contributed by atoms with Crippen molar-refractivity contribution in [2.75, 3.05) is 19.6 Å². The third-order valence-corrected chi connectivity index (χ3v) is 8.89. The van der Waals surface area contributed by atoms with Gasteiger partial charge in [0.1, 0.15) is 18.4 Å². The van der Waals surface area contributed by atoms with Crippen molar-refractivity contribution < 1.29 is 14.4 Å². The molecule has 0 bridgehead atoms. The summed E-state index contributed by atoms with van der Waals surface area (Å²) in [6.07, 6.45) is 1.80. The van der Waals surface area contributed by atoms with Crippen molar-refractivity contribution in [1.29, 1.82) is 5.41 Å². The lowest BCUT2D eigenvalue weighted by Gasteiger charge is -2.25. The van der Waals surface area contributed by atoms with Crippen LogP contribution < -0.4 is 49.5 Å². The molecule has 0 radical (unpaired) electrons. The van der Waals surface area contributed by atoms with E-state index in [1.165, 1.54) is 0 Å². The van der Waals surface area contributed by atoms with Crippen LogP contribution in [0.5, 0.6) is 0 Å². The summed E-state index contributed by atoms with van der Waals surface area (Å²) < 4.78 is 0. The molecule has 13 heteroatoms. The second-order valence-electron chi connectivity index (χ2n) is 13.2. The number of hydrogen-bond acceptors (Lipinski definition) is 8. The van der Waals surface area contributed by atoms with Crippen LogP contribution in [-0.2, 0) is 27.2 Å². The first-order valence-corrected chi connectivity index (χ1v) is 18.3. The van der Waals surface area contributed by atoms with Crippen molar-refractivity contribution in [3.8, 4) is 22.3 Å². The maximum absolute atomic E-state index is 13.9. The lowest BCUT2D eigenvalue weighted by Crippen LogP contribution is -2.56. The molecular weight excluding hydrogens is 681 g/mol. The molecule has 286 valence electrons. The highest BCUT2D eigenvalue weighted by Crippen LogP contribution is 2.21. The molecule has 0 heterocycles. The molecule has 13 nitrogen and oxygen atoms in total. The predicted molar refractivity (Wildman–Crippen MR) is 215 cm³/mol. The van der Waals surface area contributed by atoms with E-state index in [9.17, 15) is 14.4 Å². The van der Waals surface area contributed by atoms with E-state index in [4.69, 9.17) is 28.3 Å². The van der Waals surface area contributed by atoms with Gasteiger partial charge in [0.05, 0.1) is 6.04 Å². The maximum atomic E-state index is 13.9. The molecule has 0 fully saturated rings. The number of nitrogens with two attached hydrogens (primary N) is 4. The SMILES string of the molecule is N=C(N)NCCCCNC(=O)[C@@H](Cc1ccc(-c2ccccc2)cc1)NC(=O)[C@@H](CCCNC(N)N)NC(=O)[C@H](N)Cc1ccc(-c2ccccc2)cc1. The largest absolute Gasteiger partial charge is 0.370 e. The fourth-order valence-corrected chi connectivity index (χ4v) is 5.92. The Kier molecular flexibility index (Phi) is 16.6. The number of nitrogens with one attached hydrogen (secondary N) is 6. The second kappa shape index (κ2) is 21.8. The van der Waals surface area contributed by atoms with Crippen LogP contribution >= 0.6 is 0 Å². The number of guanidine groups is 1. The summed E-state index contributed by atoms with van der Waals surface area (Å²) in [7, 11) is 0. The summed E-state index contributed by atoms with van der Waals surface area (Å²) in [5.41, 5.74) is 29.0. The molecule has 54 heavy (non-hydrogen) atoms. The normalized spacial score (nSPS) is 12.7. The van der Waals surface area contributed by atoms with Gasteiger partial charge >= 0.3 is 0 Å². The smallest absolute Gasteiger partial charge is 0.243 e. The molecule has 0 saturated carbocycles. The topological polar surface area (TPSA) is 239 Å². The quantitative estimate of drug-likeness (QED) is 0.0261. The summed E-state index contributed by atoms with van der Waals surface area (Å²) >= 11 is 0. The zero-order valence-electron chi connectivity index (χ0n) is 30.6. The Bertz CT molecular complexity index is 1750. The molecule has 0 unspecified atom stereocenters. The van der Waals surface area contributed by atoms with E-state index in [1.807, 2.05) is 109 Å². The minimum Gasteiger partial charge on any atom is -0.370 e. The van der Waals surface area contributed by atoms with Crippen molar-refractivity contribution >= 4 is 23.7 Å². The van der Waals surface area contributed by atoms with E-state index < -0.39 is 36.2 Å². The Balaban J connectivity index is 1.44. The Hall–Kier alpha value is -5.60. The summed E-state index contributed by atoms with van der Waals surface area (Å²) in [4.78, 5) is 40.9. The van der Waals surface area contributed by atoms with E-state index in [0.717, 1.165) is 33.4 Å². The van der Waals surface area contributed by atoms with E-state index in [0.29, 0.717) is 38.9 Å². The molecule has 0 aromatic heterocycles. The number of carbonyl (C=O) groups excluding carboxylic acids is 3. The van der Waals surface area contributed by atoms with E-state index in [1.54, 1.807) is 0 Å². The first-order valence-electron chi connectivity index (χ1n) is 18.3. The molecule has 0 saturated heterocycles. The van der Waals surface area contributed by atoms with Crippen LogP contribution in [-0.4, -0.2) is 67.7 Å². The van der Waals surface area contributed by atoms with Gasteiger partial charge in [0.25, 0.3) is 0 Å². The third-order valence-electron chi connectivity index (χ3n) is 8.89. The van der Waals surface area contributed by atoms with Gasteiger partial charge < -0.3 is 44.2 Å². The molecule has 0 aliphatic carbocycles. The van der Waals surface area contributed by atoms with Crippen LogP contribution in [0, 0.1) is 5.41 Å². The van der Waals surface area contributed by atoms with Crippen molar-refractivity contribution in [3.05, 3.63) is 120 Å². The highest BCUT2D eigenvalue weighted by Gasteiger charge is 2.28. The van der Waals surface area contributed by atoms with Gasteiger partial charge in [0, 0.05) is 19.5 Å². The summed E-state index contributed by atoms with van der Waals surface area (Å²) in [6, 6.07) is 32.8. The first-order chi connectivity index (χ1) is 26.1. The van der Waals surface area contributed by atoms with Crippen molar-refractivity contribution in [1.82, 2.24) is 26.6 Å². The fourth-order valence-electron chi connectivity index (χ4n) is 5.92. The summed E-state index contributed by atoms with van der Waals surface area (Å²) in [5.74, 6) is -1.46. The Morgan fingerprint density at radius 3 is 1.54 bits per heavy atom. The molecule has 3 atom stereocenters. The lowest BCUT2D eigenvalue weighted by molar-refractivity contribution is -0.132. The van der Waals surface area contributed by atoms with Crippen LogP contribution in [0.4, 0.5) is 0 Å². The third kappa shape index (κ3) is 14.1. The minimum absolute atomic E-state index is 0.109. The predicted octanol–water partition coefficient (Wildman–Crippen LogP) is 2.05. The number of unbranched alkanes of at least 4 members (excludes halogenated alkanes) is 1. The maximum Gasteiger partial charge on any atom is 0.243 e. The summed E-state index contributed by atoms with van der Waals surface area (Å²) in [6.45, 7) is 1.28. The summed E-state index contributed by atoms with van der Waals surface area (Å²) in [5, 5.41) is 21.6. The number of benzene rings is 4. The van der Waals surface area contributed by atoms with Crippen molar-refractivity contribution in [3.63, 3.8) is 0 Å². The molecule has 0 aliphatic heterocycles. The van der Waals surface area contributed by atoms with Gasteiger partial charge in [-0.05, 0) is 72.0 Å². The van der Waals surface area contributed by atoms with Crippen molar-refractivity contribution in [2.24, 2.45) is 22.9 Å². The fraction of sp³-hybridized carbons (Fsp3) is 0.317. The van der Waals surface area contributed by atoms with Gasteiger partial charge in [-0.3, -0.25) is 25.1 Å². The number of hydrogen-bond donors (Lipinski definition) is 10. The van der Waals surface area contributed by atoms with Crippen LogP contribution in [0.2, 0.25) is 0 Å². The van der Waals surface area contributed by atoms with Gasteiger partial charge in [-0.1, -0.05) is 109 Å². The van der Waals surface area contributed by atoms with E-state index in [2.05, 4.69) is 26.6 Å². The van der Waals surface area contributed by atoms with Gasteiger partial charge in [0.2, 0.25) is 17.7 Å². The minimum atomic E-state index is -0.979.